The highest BCUT2D eigenvalue weighted by Crippen LogP contribution is 2.31. The first-order chi connectivity index (χ1) is 8.09. The van der Waals surface area contributed by atoms with E-state index in [1.54, 1.807) is 25.0 Å². The SMILES string of the molecule is Cn1c(=S)c2c(ncn2CC2CC2)n(C)c1=O. The largest absolute Gasteiger partial charge is 0.330 e. The Balaban J connectivity index is 2.34. The zero-order valence-corrected chi connectivity index (χ0v) is 10.7. The zero-order chi connectivity index (χ0) is 12.2. The van der Waals surface area contributed by atoms with Gasteiger partial charge in [-0.15, -0.1) is 0 Å². The maximum atomic E-state index is 11.9. The fourth-order valence-electron chi connectivity index (χ4n) is 2.11. The van der Waals surface area contributed by atoms with E-state index in [4.69, 9.17) is 12.2 Å². The summed E-state index contributed by atoms with van der Waals surface area (Å²) in [6, 6.07) is 0. The first kappa shape index (κ1) is 10.7. The second-order valence-corrected chi connectivity index (χ2v) is 5.10. The van der Waals surface area contributed by atoms with Gasteiger partial charge in [-0.1, -0.05) is 12.2 Å². The fraction of sp³-hybridized carbons (Fsp3) is 0.545. The molecule has 3 rings (SSSR count). The molecule has 17 heavy (non-hydrogen) atoms. The summed E-state index contributed by atoms with van der Waals surface area (Å²) in [6.45, 7) is 0.957. The van der Waals surface area contributed by atoms with E-state index in [-0.39, 0.29) is 5.69 Å². The Bertz CT molecular complexity index is 705. The molecule has 0 saturated heterocycles. The molecule has 1 fully saturated rings. The van der Waals surface area contributed by atoms with Crippen LogP contribution >= 0.6 is 12.2 Å². The molecule has 6 heteroatoms. The van der Waals surface area contributed by atoms with E-state index < -0.39 is 0 Å². The van der Waals surface area contributed by atoms with Gasteiger partial charge in [-0.05, 0) is 18.8 Å². The third-order valence-corrected chi connectivity index (χ3v) is 3.84. The Morgan fingerprint density at radius 3 is 2.76 bits per heavy atom. The summed E-state index contributed by atoms with van der Waals surface area (Å²) < 4.78 is 5.70. The number of hydrogen-bond donors (Lipinski definition) is 0. The van der Waals surface area contributed by atoms with Crippen LogP contribution in [0.5, 0.6) is 0 Å². The normalized spacial score (nSPS) is 15.6. The van der Waals surface area contributed by atoms with Crippen molar-refractivity contribution in [3.8, 4) is 0 Å². The van der Waals surface area contributed by atoms with Gasteiger partial charge < -0.3 is 4.57 Å². The van der Waals surface area contributed by atoms with E-state index in [0.29, 0.717) is 10.3 Å². The zero-order valence-electron chi connectivity index (χ0n) is 9.88. The Morgan fingerprint density at radius 1 is 1.41 bits per heavy atom. The van der Waals surface area contributed by atoms with Gasteiger partial charge in [0.15, 0.2) is 5.65 Å². The van der Waals surface area contributed by atoms with E-state index >= 15 is 0 Å². The Kier molecular flexibility index (Phi) is 2.22. The lowest BCUT2D eigenvalue weighted by Crippen LogP contribution is -2.28. The van der Waals surface area contributed by atoms with Gasteiger partial charge in [0.05, 0.1) is 6.33 Å². The van der Waals surface area contributed by atoms with Crippen molar-refractivity contribution in [3.63, 3.8) is 0 Å². The third-order valence-electron chi connectivity index (χ3n) is 3.37. The molecule has 0 aromatic carbocycles. The van der Waals surface area contributed by atoms with Gasteiger partial charge in [-0.2, -0.15) is 0 Å². The first-order valence-corrected chi connectivity index (χ1v) is 6.11. The molecule has 1 saturated carbocycles. The molecule has 0 N–H and O–H groups in total. The van der Waals surface area contributed by atoms with Crippen LogP contribution in [0.1, 0.15) is 12.8 Å². The first-order valence-electron chi connectivity index (χ1n) is 5.70. The van der Waals surface area contributed by atoms with E-state index in [9.17, 15) is 4.79 Å². The highest BCUT2D eigenvalue weighted by atomic mass is 32.1. The summed E-state index contributed by atoms with van der Waals surface area (Å²) in [5.41, 5.74) is 1.45. The average molecular weight is 250 g/mol. The Hall–Kier alpha value is -1.43. The summed E-state index contributed by atoms with van der Waals surface area (Å²) in [6.07, 6.45) is 4.35. The van der Waals surface area contributed by atoms with Crippen molar-refractivity contribution in [3.05, 3.63) is 21.5 Å². The molecule has 0 spiro atoms. The van der Waals surface area contributed by atoms with Crippen molar-refractivity contribution in [2.24, 2.45) is 20.0 Å². The van der Waals surface area contributed by atoms with Crippen molar-refractivity contribution in [2.75, 3.05) is 0 Å². The summed E-state index contributed by atoms with van der Waals surface area (Å²) in [5, 5.41) is 0. The van der Waals surface area contributed by atoms with Crippen LogP contribution in [-0.2, 0) is 20.6 Å². The van der Waals surface area contributed by atoms with Crippen LogP contribution in [-0.4, -0.2) is 18.7 Å². The summed E-state index contributed by atoms with van der Waals surface area (Å²) >= 11 is 5.35. The van der Waals surface area contributed by atoms with Crippen LogP contribution in [0.3, 0.4) is 0 Å². The second-order valence-electron chi connectivity index (χ2n) is 4.72. The Morgan fingerprint density at radius 2 is 2.12 bits per heavy atom. The van der Waals surface area contributed by atoms with Crippen LogP contribution in [0.25, 0.3) is 11.2 Å². The molecule has 2 aromatic heterocycles. The van der Waals surface area contributed by atoms with Gasteiger partial charge in [-0.3, -0.25) is 9.13 Å². The molecule has 0 aliphatic heterocycles. The summed E-state index contributed by atoms with van der Waals surface area (Å²) in [7, 11) is 3.44. The van der Waals surface area contributed by atoms with Crippen LogP contribution < -0.4 is 5.69 Å². The predicted molar refractivity (Wildman–Crippen MR) is 67.5 cm³/mol. The molecule has 0 radical (unpaired) electrons. The van der Waals surface area contributed by atoms with Crippen LogP contribution in [0.4, 0.5) is 0 Å². The molecular weight excluding hydrogens is 236 g/mol. The van der Waals surface area contributed by atoms with Gasteiger partial charge in [0.2, 0.25) is 0 Å². The lowest BCUT2D eigenvalue weighted by Gasteiger charge is -2.07. The van der Waals surface area contributed by atoms with E-state index in [0.717, 1.165) is 18.0 Å². The van der Waals surface area contributed by atoms with Crippen molar-refractivity contribution in [1.82, 2.24) is 18.7 Å². The lowest BCUT2D eigenvalue weighted by atomic mass is 10.4. The smallest absolute Gasteiger partial charge is 0.327 e. The maximum Gasteiger partial charge on any atom is 0.330 e. The minimum absolute atomic E-state index is 0.126. The van der Waals surface area contributed by atoms with Crippen molar-refractivity contribution >= 4 is 23.4 Å². The van der Waals surface area contributed by atoms with Crippen LogP contribution in [0.15, 0.2) is 11.1 Å². The molecular formula is C11H14N4OS. The van der Waals surface area contributed by atoms with Crippen LogP contribution in [0.2, 0.25) is 0 Å². The molecule has 1 aliphatic rings. The number of fused-ring (bicyclic) bond motifs is 1. The number of nitrogens with zero attached hydrogens (tertiary/aromatic N) is 4. The van der Waals surface area contributed by atoms with Crippen molar-refractivity contribution < 1.29 is 0 Å². The molecule has 0 amide bonds. The highest BCUT2D eigenvalue weighted by Gasteiger charge is 2.23. The van der Waals surface area contributed by atoms with Crippen molar-refractivity contribution in [1.29, 1.82) is 0 Å². The number of hydrogen-bond acceptors (Lipinski definition) is 3. The quantitative estimate of drug-likeness (QED) is 0.753. The van der Waals surface area contributed by atoms with Crippen molar-refractivity contribution in [2.45, 2.75) is 19.4 Å². The van der Waals surface area contributed by atoms with Gasteiger partial charge in [0.25, 0.3) is 0 Å². The molecule has 2 heterocycles. The Labute approximate surface area is 103 Å². The number of rotatable bonds is 2. The monoisotopic (exact) mass is 250 g/mol. The second kappa shape index (κ2) is 3.53. The van der Waals surface area contributed by atoms with Gasteiger partial charge >= 0.3 is 5.69 Å². The molecule has 5 nitrogen and oxygen atoms in total. The molecule has 0 atom stereocenters. The molecule has 2 aromatic rings. The topological polar surface area (TPSA) is 44.8 Å². The number of imidazole rings is 1. The maximum absolute atomic E-state index is 11.9. The average Bonchev–Trinajstić information content (AvgIpc) is 3.02. The lowest BCUT2D eigenvalue weighted by molar-refractivity contribution is 0.637. The van der Waals surface area contributed by atoms with Crippen LogP contribution in [0, 0.1) is 10.6 Å². The minimum atomic E-state index is -0.126. The standard InChI is InChI=1S/C11H14N4OS/c1-13-9-8(10(17)14(2)11(13)16)15(6-12-9)5-7-3-4-7/h6-7H,3-5H2,1-2H3. The molecule has 90 valence electrons. The van der Waals surface area contributed by atoms with Gasteiger partial charge in [0, 0.05) is 20.6 Å². The number of aryl methyl sites for hydroxylation is 1. The number of aromatic nitrogens is 4. The molecule has 1 aliphatic carbocycles. The van der Waals surface area contributed by atoms with E-state index in [2.05, 4.69) is 9.55 Å². The van der Waals surface area contributed by atoms with E-state index in [1.165, 1.54) is 17.4 Å². The van der Waals surface area contributed by atoms with Gasteiger partial charge in [-0.25, -0.2) is 9.78 Å². The fourth-order valence-corrected chi connectivity index (χ4v) is 2.40. The molecule has 0 bridgehead atoms. The summed E-state index contributed by atoms with van der Waals surface area (Å²) in [4.78, 5) is 16.2. The molecule has 0 unspecified atom stereocenters. The van der Waals surface area contributed by atoms with Gasteiger partial charge in [0.1, 0.15) is 10.2 Å². The summed E-state index contributed by atoms with van der Waals surface area (Å²) in [5.74, 6) is 0.754. The predicted octanol–water partition coefficient (Wildman–Crippen LogP) is 1.21. The third kappa shape index (κ3) is 1.55. The minimum Gasteiger partial charge on any atom is -0.327 e. The highest BCUT2D eigenvalue weighted by molar-refractivity contribution is 7.71. The van der Waals surface area contributed by atoms with E-state index in [1.807, 2.05) is 0 Å².